The minimum Gasteiger partial charge on any atom is -0.305 e. The normalized spacial score (nSPS) is 25.4. The SMILES string of the molecule is CSCCCNC1CC(=O)N(C2CCCC2)C1=O. The predicted octanol–water partition coefficient (Wildman–Crippen LogP) is 1.40. The van der Waals surface area contributed by atoms with Gasteiger partial charge < -0.3 is 5.32 Å². The highest BCUT2D eigenvalue weighted by Crippen LogP contribution is 2.28. The molecule has 5 heteroatoms. The Bertz CT molecular complexity index is 316. The molecule has 0 spiro atoms. The Balaban J connectivity index is 1.84. The zero-order valence-corrected chi connectivity index (χ0v) is 11.8. The summed E-state index contributed by atoms with van der Waals surface area (Å²) >= 11 is 1.80. The average molecular weight is 270 g/mol. The van der Waals surface area contributed by atoms with E-state index in [1.807, 2.05) is 0 Å². The van der Waals surface area contributed by atoms with Crippen LogP contribution < -0.4 is 5.32 Å². The Morgan fingerprint density at radius 2 is 2.06 bits per heavy atom. The van der Waals surface area contributed by atoms with Gasteiger partial charge in [-0.05, 0) is 37.8 Å². The number of imide groups is 1. The quantitative estimate of drug-likeness (QED) is 0.585. The van der Waals surface area contributed by atoms with Crippen molar-refractivity contribution in [3.8, 4) is 0 Å². The van der Waals surface area contributed by atoms with Gasteiger partial charge in [0.05, 0.1) is 12.5 Å². The van der Waals surface area contributed by atoms with Gasteiger partial charge in [-0.25, -0.2) is 0 Å². The molecule has 0 bridgehead atoms. The molecular formula is C13H22N2O2S. The Morgan fingerprint density at radius 1 is 1.33 bits per heavy atom. The Kier molecular flexibility index (Phi) is 5.06. The second kappa shape index (κ2) is 6.57. The molecule has 1 unspecified atom stereocenters. The fraction of sp³-hybridized carbons (Fsp3) is 0.846. The summed E-state index contributed by atoms with van der Waals surface area (Å²) in [5, 5.41) is 3.22. The summed E-state index contributed by atoms with van der Waals surface area (Å²) in [4.78, 5) is 25.7. The molecule has 1 saturated carbocycles. The van der Waals surface area contributed by atoms with Gasteiger partial charge in [0, 0.05) is 6.04 Å². The molecule has 2 aliphatic rings. The number of rotatable bonds is 6. The van der Waals surface area contributed by atoms with Gasteiger partial charge in [0.25, 0.3) is 0 Å². The molecule has 0 radical (unpaired) electrons. The summed E-state index contributed by atoms with van der Waals surface area (Å²) in [5.41, 5.74) is 0. The summed E-state index contributed by atoms with van der Waals surface area (Å²) in [6.07, 6.45) is 7.76. The molecule has 0 aromatic rings. The highest BCUT2D eigenvalue weighted by molar-refractivity contribution is 7.98. The van der Waals surface area contributed by atoms with Gasteiger partial charge in [-0.1, -0.05) is 12.8 Å². The van der Waals surface area contributed by atoms with Gasteiger partial charge in [0.15, 0.2) is 0 Å². The molecule has 0 aromatic heterocycles. The van der Waals surface area contributed by atoms with Crippen LogP contribution in [0.3, 0.4) is 0 Å². The van der Waals surface area contributed by atoms with E-state index in [0.717, 1.165) is 44.4 Å². The number of nitrogens with one attached hydrogen (secondary N) is 1. The van der Waals surface area contributed by atoms with Crippen molar-refractivity contribution in [3.63, 3.8) is 0 Å². The lowest BCUT2D eigenvalue weighted by molar-refractivity contribution is -0.141. The molecule has 2 amide bonds. The van der Waals surface area contributed by atoms with Gasteiger partial charge >= 0.3 is 0 Å². The lowest BCUT2D eigenvalue weighted by Crippen LogP contribution is -2.43. The van der Waals surface area contributed by atoms with Crippen LogP contribution in [-0.2, 0) is 9.59 Å². The van der Waals surface area contributed by atoms with E-state index < -0.39 is 0 Å². The third kappa shape index (κ3) is 3.06. The fourth-order valence-corrected chi connectivity index (χ4v) is 3.28. The zero-order valence-electron chi connectivity index (χ0n) is 11.0. The van der Waals surface area contributed by atoms with Crippen molar-refractivity contribution in [2.45, 2.75) is 50.6 Å². The summed E-state index contributed by atoms with van der Waals surface area (Å²) in [6.45, 7) is 0.822. The number of carbonyl (C=O) groups is 2. The molecule has 2 fully saturated rings. The standard InChI is InChI=1S/C13H22N2O2S/c1-18-8-4-7-14-11-9-12(16)15(13(11)17)10-5-2-3-6-10/h10-11,14H,2-9H2,1H3. The van der Waals surface area contributed by atoms with E-state index in [4.69, 9.17) is 0 Å². The van der Waals surface area contributed by atoms with Crippen LogP contribution in [0.25, 0.3) is 0 Å². The number of hydrogen-bond acceptors (Lipinski definition) is 4. The Labute approximate surface area is 113 Å². The molecule has 1 aliphatic heterocycles. The van der Waals surface area contributed by atoms with E-state index in [1.54, 1.807) is 16.7 Å². The molecule has 1 N–H and O–H groups in total. The predicted molar refractivity (Wildman–Crippen MR) is 73.5 cm³/mol. The fourth-order valence-electron chi connectivity index (χ4n) is 2.85. The van der Waals surface area contributed by atoms with Crippen LogP contribution in [0, 0.1) is 0 Å². The van der Waals surface area contributed by atoms with Crippen molar-refractivity contribution in [2.75, 3.05) is 18.6 Å². The van der Waals surface area contributed by atoms with Gasteiger partial charge in [-0.3, -0.25) is 14.5 Å². The maximum atomic E-state index is 12.2. The van der Waals surface area contributed by atoms with Crippen LogP contribution in [0.4, 0.5) is 0 Å². The van der Waals surface area contributed by atoms with E-state index in [-0.39, 0.29) is 23.9 Å². The highest BCUT2D eigenvalue weighted by atomic mass is 32.2. The van der Waals surface area contributed by atoms with Gasteiger partial charge in [-0.15, -0.1) is 0 Å². The zero-order chi connectivity index (χ0) is 13.0. The molecule has 1 atom stereocenters. The molecule has 1 saturated heterocycles. The van der Waals surface area contributed by atoms with Crippen LogP contribution in [0.5, 0.6) is 0 Å². The Morgan fingerprint density at radius 3 is 2.72 bits per heavy atom. The topological polar surface area (TPSA) is 49.4 Å². The number of likely N-dealkylation sites (tertiary alicyclic amines) is 1. The molecule has 1 heterocycles. The molecule has 1 aliphatic carbocycles. The van der Waals surface area contributed by atoms with E-state index in [1.165, 1.54) is 0 Å². The van der Waals surface area contributed by atoms with Crippen molar-refractivity contribution in [3.05, 3.63) is 0 Å². The monoisotopic (exact) mass is 270 g/mol. The lowest BCUT2D eigenvalue weighted by atomic mass is 10.2. The van der Waals surface area contributed by atoms with Crippen LogP contribution in [0.2, 0.25) is 0 Å². The maximum Gasteiger partial charge on any atom is 0.247 e. The number of amides is 2. The second-order valence-electron chi connectivity index (χ2n) is 5.10. The minimum absolute atomic E-state index is 0.0102. The van der Waals surface area contributed by atoms with E-state index in [0.29, 0.717) is 6.42 Å². The van der Waals surface area contributed by atoms with Gasteiger partial charge in [0.1, 0.15) is 0 Å². The molecule has 4 nitrogen and oxygen atoms in total. The van der Waals surface area contributed by atoms with Crippen LogP contribution in [0.15, 0.2) is 0 Å². The maximum absolute atomic E-state index is 12.2. The first-order chi connectivity index (χ1) is 8.74. The first-order valence-electron chi connectivity index (χ1n) is 6.82. The van der Waals surface area contributed by atoms with Gasteiger partial charge in [-0.2, -0.15) is 11.8 Å². The molecule has 0 aromatic carbocycles. The summed E-state index contributed by atoms with van der Waals surface area (Å²) in [6, 6.07) is -0.0806. The number of carbonyl (C=O) groups excluding carboxylic acids is 2. The molecular weight excluding hydrogens is 248 g/mol. The second-order valence-corrected chi connectivity index (χ2v) is 6.08. The van der Waals surface area contributed by atoms with E-state index in [9.17, 15) is 9.59 Å². The smallest absolute Gasteiger partial charge is 0.247 e. The first kappa shape index (κ1) is 13.9. The van der Waals surface area contributed by atoms with Crippen LogP contribution in [-0.4, -0.2) is 47.4 Å². The average Bonchev–Trinajstić information content (AvgIpc) is 2.94. The summed E-state index contributed by atoms with van der Waals surface area (Å²) in [7, 11) is 0. The highest BCUT2D eigenvalue weighted by Gasteiger charge is 2.42. The van der Waals surface area contributed by atoms with Crippen molar-refractivity contribution >= 4 is 23.6 Å². The third-order valence-electron chi connectivity index (χ3n) is 3.79. The molecule has 2 rings (SSSR count). The number of thioether (sulfide) groups is 1. The summed E-state index contributed by atoms with van der Waals surface area (Å²) < 4.78 is 0. The molecule has 18 heavy (non-hydrogen) atoms. The summed E-state index contributed by atoms with van der Waals surface area (Å²) in [5.74, 6) is 1.12. The van der Waals surface area contributed by atoms with Gasteiger partial charge in [0.2, 0.25) is 11.8 Å². The minimum atomic E-state index is -0.264. The van der Waals surface area contributed by atoms with Crippen LogP contribution in [0.1, 0.15) is 38.5 Å². The third-order valence-corrected chi connectivity index (χ3v) is 4.49. The van der Waals surface area contributed by atoms with Crippen molar-refractivity contribution in [1.82, 2.24) is 10.2 Å². The number of hydrogen-bond donors (Lipinski definition) is 1. The van der Waals surface area contributed by atoms with Crippen molar-refractivity contribution < 1.29 is 9.59 Å². The lowest BCUT2D eigenvalue weighted by Gasteiger charge is -2.22. The van der Waals surface area contributed by atoms with E-state index >= 15 is 0 Å². The van der Waals surface area contributed by atoms with E-state index in [2.05, 4.69) is 11.6 Å². The van der Waals surface area contributed by atoms with Crippen LogP contribution >= 0.6 is 11.8 Å². The largest absolute Gasteiger partial charge is 0.305 e. The van der Waals surface area contributed by atoms with Crippen molar-refractivity contribution in [1.29, 1.82) is 0 Å². The molecule has 102 valence electrons. The Hall–Kier alpha value is -0.550. The number of nitrogens with zero attached hydrogens (tertiary/aromatic N) is 1. The van der Waals surface area contributed by atoms with Crippen molar-refractivity contribution in [2.24, 2.45) is 0 Å². The first-order valence-corrected chi connectivity index (χ1v) is 8.21.